The lowest BCUT2D eigenvalue weighted by Crippen LogP contribution is -1.88. The van der Waals surface area contributed by atoms with Crippen LogP contribution in [-0.2, 0) is 0 Å². The maximum Gasteiger partial charge on any atom is 0.115 e. The van der Waals surface area contributed by atoms with E-state index in [1.165, 1.54) is 5.56 Å². The second-order valence-corrected chi connectivity index (χ2v) is 2.33. The van der Waals surface area contributed by atoms with Crippen molar-refractivity contribution in [3.05, 3.63) is 24.3 Å². The third kappa shape index (κ3) is 3.71. The standard InChI is InChI=1S/C7H10N2.C2H6/c1-6(2)7-3-8-5-9-4-7;1-2/h3-6H,1-2H3;1-2H3. The zero-order chi connectivity index (χ0) is 8.69. The predicted molar refractivity (Wildman–Crippen MR) is 47.5 cm³/mol. The van der Waals surface area contributed by atoms with Gasteiger partial charge in [0.15, 0.2) is 0 Å². The second-order valence-electron chi connectivity index (χ2n) is 2.33. The van der Waals surface area contributed by atoms with Crippen LogP contribution < -0.4 is 0 Å². The van der Waals surface area contributed by atoms with Crippen LogP contribution in [0.2, 0.25) is 0 Å². The normalized spacial score (nSPS) is 8.82. The van der Waals surface area contributed by atoms with Crippen LogP contribution in [0.4, 0.5) is 0 Å². The number of nitrogens with zero attached hydrogens (tertiary/aromatic N) is 2. The van der Waals surface area contributed by atoms with Gasteiger partial charge in [-0.1, -0.05) is 27.7 Å². The first kappa shape index (κ1) is 10.1. The molecule has 2 nitrogen and oxygen atoms in total. The average Bonchev–Trinajstić information content (AvgIpc) is 2.10. The van der Waals surface area contributed by atoms with Crippen LogP contribution >= 0.6 is 0 Å². The van der Waals surface area contributed by atoms with E-state index < -0.39 is 0 Å². The Morgan fingerprint density at radius 2 is 1.55 bits per heavy atom. The molecule has 0 aliphatic heterocycles. The van der Waals surface area contributed by atoms with Crippen molar-refractivity contribution < 1.29 is 0 Å². The fourth-order valence-corrected chi connectivity index (χ4v) is 0.609. The summed E-state index contributed by atoms with van der Waals surface area (Å²) in [7, 11) is 0. The van der Waals surface area contributed by atoms with Crippen LogP contribution in [0.1, 0.15) is 39.2 Å². The van der Waals surface area contributed by atoms with Crippen molar-refractivity contribution in [3.63, 3.8) is 0 Å². The predicted octanol–water partition coefficient (Wildman–Crippen LogP) is 2.63. The third-order valence-electron chi connectivity index (χ3n) is 1.25. The lowest BCUT2D eigenvalue weighted by Gasteiger charge is -1.99. The highest BCUT2D eigenvalue weighted by Gasteiger charge is 1.95. The first-order valence-electron chi connectivity index (χ1n) is 4.05. The molecule has 0 fully saturated rings. The summed E-state index contributed by atoms with van der Waals surface area (Å²) in [5.74, 6) is 0.534. The van der Waals surface area contributed by atoms with Crippen LogP contribution in [0.5, 0.6) is 0 Å². The van der Waals surface area contributed by atoms with Gasteiger partial charge in [-0.15, -0.1) is 0 Å². The van der Waals surface area contributed by atoms with E-state index in [2.05, 4.69) is 23.8 Å². The number of hydrogen-bond donors (Lipinski definition) is 0. The van der Waals surface area contributed by atoms with E-state index >= 15 is 0 Å². The molecule has 0 amide bonds. The molecule has 0 aliphatic rings. The van der Waals surface area contributed by atoms with Crippen molar-refractivity contribution in [2.24, 2.45) is 0 Å². The summed E-state index contributed by atoms with van der Waals surface area (Å²) in [6, 6.07) is 0. The number of hydrogen-bond acceptors (Lipinski definition) is 2. The van der Waals surface area contributed by atoms with Gasteiger partial charge in [0, 0.05) is 12.4 Å². The minimum atomic E-state index is 0.534. The van der Waals surface area contributed by atoms with E-state index in [-0.39, 0.29) is 0 Å². The van der Waals surface area contributed by atoms with Crippen molar-refractivity contribution in [1.82, 2.24) is 9.97 Å². The van der Waals surface area contributed by atoms with E-state index in [1.807, 2.05) is 26.2 Å². The van der Waals surface area contributed by atoms with Gasteiger partial charge < -0.3 is 0 Å². The van der Waals surface area contributed by atoms with Gasteiger partial charge in [-0.05, 0) is 11.5 Å². The zero-order valence-electron chi connectivity index (χ0n) is 7.70. The van der Waals surface area contributed by atoms with E-state index in [0.717, 1.165) is 0 Å². The monoisotopic (exact) mass is 152 g/mol. The Hall–Kier alpha value is -0.920. The molecule has 2 heteroatoms. The molecule has 0 atom stereocenters. The van der Waals surface area contributed by atoms with Gasteiger partial charge in [0.2, 0.25) is 0 Å². The van der Waals surface area contributed by atoms with Crippen LogP contribution in [0, 0.1) is 0 Å². The number of aromatic nitrogens is 2. The first-order valence-corrected chi connectivity index (χ1v) is 4.05. The van der Waals surface area contributed by atoms with Gasteiger partial charge in [-0.2, -0.15) is 0 Å². The molecule has 0 saturated carbocycles. The highest BCUT2D eigenvalue weighted by molar-refractivity contribution is 5.06. The van der Waals surface area contributed by atoms with Gasteiger partial charge in [-0.25, -0.2) is 9.97 Å². The minimum Gasteiger partial charge on any atom is -0.245 e. The molecule has 0 saturated heterocycles. The summed E-state index contributed by atoms with van der Waals surface area (Å²) >= 11 is 0. The largest absolute Gasteiger partial charge is 0.245 e. The van der Waals surface area contributed by atoms with Gasteiger partial charge in [0.1, 0.15) is 6.33 Å². The smallest absolute Gasteiger partial charge is 0.115 e. The quantitative estimate of drug-likeness (QED) is 0.618. The lowest BCUT2D eigenvalue weighted by atomic mass is 10.1. The third-order valence-corrected chi connectivity index (χ3v) is 1.25. The molecule has 62 valence electrons. The van der Waals surface area contributed by atoms with Crippen molar-refractivity contribution in [2.45, 2.75) is 33.6 Å². The van der Waals surface area contributed by atoms with Crippen LogP contribution in [0.3, 0.4) is 0 Å². The molecule has 0 unspecified atom stereocenters. The molecule has 0 aliphatic carbocycles. The van der Waals surface area contributed by atoms with E-state index in [9.17, 15) is 0 Å². The van der Waals surface area contributed by atoms with E-state index in [4.69, 9.17) is 0 Å². The Bertz CT molecular complexity index is 170. The molecule has 1 rings (SSSR count). The molecule has 0 spiro atoms. The Labute approximate surface area is 68.7 Å². The second kappa shape index (κ2) is 5.83. The van der Waals surface area contributed by atoms with Crippen molar-refractivity contribution in [3.8, 4) is 0 Å². The molecule has 1 heterocycles. The molecule has 0 aromatic carbocycles. The highest BCUT2D eigenvalue weighted by atomic mass is 14.8. The molecule has 0 N–H and O–H groups in total. The van der Waals surface area contributed by atoms with Crippen LogP contribution in [0.25, 0.3) is 0 Å². The summed E-state index contributed by atoms with van der Waals surface area (Å²) in [5, 5.41) is 0. The van der Waals surface area contributed by atoms with E-state index in [1.54, 1.807) is 6.33 Å². The molecule has 0 radical (unpaired) electrons. The van der Waals surface area contributed by atoms with Crippen LogP contribution in [0.15, 0.2) is 18.7 Å². The topological polar surface area (TPSA) is 25.8 Å². The molecular weight excluding hydrogens is 136 g/mol. The number of rotatable bonds is 1. The first-order chi connectivity index (χ1) is 5.30. The molecule has 1 aromatic heterocycles. The zero-order valence-corrected chi connectivity index (χ0v) is 7.70. The van der Waals surface area contributed by atoms with Crippen LogP contribution in [-0.4, -0.2) is 9.97 Å². The van der Waals surface area contributed by atoms with E-state index in [0.29, 0.717) is 5.92 Å². The lowest BCUT2D eigenvalue weighted by molar-refractivity contribution is 0.845. The maximum absolute atomic E-state index is 3.89. The van der Waals surface area contributed by atoms with Gasteiger partial charge in [0.25, 0.3) is 0 Å². The molecular formula is C9H16N2. The average molecular weight is 152 g/mol. The highest BCUT2D eigenvalue weighted by Crippen LogP contribution is 2.09. The van der Waals surface area contributed by atoms with Crippen molar-refractivity contribution in [1.29, 1.82) is 0 Å². The van der Waals surface area contributed by atoms with Gasteiger partial charge >= 0.3 is 0 Å². The fraction of sp³-hybridized carbons (Fsp3) is 0.556. The summed E-state index contributed by atoms with van der Waals surface area (Å²) in [6.45, 7) is 8.25. The summed E-state index contributed by atoms with van der Waals surface area (Å²) in [6.07, 6.45) is 5.24. The Morgan fingerprint density at radius 3 is 1.82 bits per heavy atom. The summed E-state index contributed by atoms with van der Waals surface area (Å²) in [4.78, 5) is 7.79. The molecule has 1 aromatic rings. The van der Waals surface area contributed by atoms with Gasteiger partial charge in [-0.3, -0.25) is 0 Å². The minimum absolute atomic E-state index is 0.534. The Morgan fingerprint density at radius 1 is 1.09 bits per heavy atom. The summed E-state index contributed by atoms with van der Waals surface area (Å²) < 4.78 is 0. The Kier molecular flexibility index (Phi) is 5.35. The Balaban J connectivity index is 0.000000461. The van der Waals surface area contributed by atoms with Crippen molar-refractivity contribution >= 4 is 0 Å². The summed E-state index contributed by atoms with van der Waals surface area (Å²) in [5.41, 5.74) is 1.19. The SMILES string of the molecule is CC.CC(C)c1cncnc1. The maximum atomic E-state index is 3.89. The molecule has 11 heavy (non-hydrogen) atoms. The fourth-order valence-electron chi connectivity index (χ4n) is 0.609. The van der Waals surface area contributed by atoms with Gasteiger partial charge in [0.05, 0.1) is 0 Å². The molecule has 0 bridgehead atoms. The van der Waals surface area contributed by atoms with Crippen molar-refractivity contribution in [2.75, 3.05) is 0 Å².